The molecule has 3 aliphatic rings. The van der Waals surface area contributed by atoms with E-state index in [9.17, 15) is 4.79 Å². The second kappa shape index (κ2) is 14.6. The fourth-order valence-corrected chi connectivity index (χ4v) is 12.1. The number of amidine groups is 1. The Bertz CT molecular complexity index is 1640. The topological polar surface area (TPSA) is 35.9 Å². The van der Waals surface area contributed by atoms with Crippen molar-refractivity contribution < 1.29 is 4.79 Å². The lowest BCUT2D eigenvalue weighted by molar-refractivity contribution is 0.0805. The SMILES string of the molecule is CN(C)c1ccc(C(=O)N2C(c3ccccc3P(C3CCCCC3)C3CCCCC3)=N[C@H](c3ccccc3)[C@H]2c2ccccc2)cc1. The average Bonchev–Trinajstić information content (AvgIpc) is 3.54. The molecule has 0 spiro atoms. The van der Waals surface area contributed by atoms with Crippen molar-refractivity contribution in [2.45, 2.75) is 87.6 Å². The van der Waals surface area contributed by atoms with Crippen LogP contribution in [0.4, 0.5) is 5.69 Å². The highest BCUT2D eigenvalue weighted by Crippen LogP contribution is 2.56. The van der Waals surface area contributed by atoms with E-state index in [2.05, 4.69) is 94.7 Å². The van der Waals surface area contributed by atoms with Gasteiger partial charge in [-0.15, -0.1) is 0 Å². The molecular formula is C42H48N3OP. The van der Waals surface area contributed by atoms with Gasteiger partial charge in [0.15, 0.2) is 0 Å². The lowest BCUT2D eigenvalue weighted by Crippen LogP contribution is -2.40. The van der Waals surface area contributed by atoms with Gasteiger partial charge in [0.1, 0.15) is 11.9 Å². The maximum absolute atomic E-state index is 15.0. The molecule has 0 radical (unpaired) electrons. The van der Waals surface area contributed by atoms with Crippen LogP contribution in [0.2, 0.25) is 0 Å². The van der Waals surface area contributed by atoms with E-state index in [1.807, 2.05) is 38.4 Å². The molecule has 1 amide bonds. The fourth-order valence-electron chi connectivity index (χ4n) is 8.19. The third kappa shape index (κ3) is 6.68. The number of amides is 1. The van der Waals surface area contributed by atoms with Gasteiger partial charge in [-0.2, -0.15) is 0 Å². The van der Waals surface area contributed by atoms with Crippen molar-refractivity contribution in [3.05, 3.63) is 131 Å². The van der Waals surface area contributed by atoms with Crippen LogP contribution in [-0.4, -0.2) is 42.1 Å². The van der Waals surface area contributed by atoms with Crippen LogP contribution in [0.3, 0.4) is 0 Å². The summed E-state index contributed by atoms with van der Waals surface area (Å²) >= 11 is 0. The second-order valence-corrected chi connectivity index (χ2v) is 16.5. The minimum Gasteiger partial charge on any atom is -0.378 e. The standard InChI is InChI=1S/C42H48N3OP/c1-44(2)34-29-27-33(28-30-34)42(46)45-40(32-19-9-4-10-20-32)39(31-17-7-3-8-18-31)43-41(45)37-25-15-16-26-38(37)47(35-21-11-5-12-22-35)36-23-13-6-14-24-36/h3-4,7-10,15-20,25-30,35-36,39-40H,5-6,11-14,21-24H2,1-2H3/t39-,40-/m1/s1. The molecular weight excluding hydrogens is 593 g/mol. The van der Waals surface area contributed by atoms with Crippen molar-refractivity contribution in [3.63, 3.8) is 0 Å². The van der Waals surface area contributed by atoms with Gasteiger partial charge in [-0.1, -0.05) is 131 Å². The minimum atomic E-state index is -0.395. The molecule has 2 fully saturated rings. The predicted molar refractivity (Wildman–Crippen MR) is 199 cm³/mol. The van der Waals surface area contributed by atoms with Gasteiger partial charge in [-0.25, -0.2) is 0 Å². The molecule has 1 heterocycles. The Morgan fingerprint density at radius 3 is 1.77 bits per heavy atom. The van der Waals surface area contributed by atoms with E-state index in [0.29, 0.717) is 5.56 Å². The summed E-state index contributed by atoms with van der Waals surface area (Å²) in [5.41, 5.74) is 6.69. The summed E-state index contributed by atoms with van der Waals surface area (Å²) in [6.45, 7) is 0. The Balaban J connectivity index is 1.40. The summed E-state index contributed by atoms with van der Waals surface area (Å²) < 4.78 is 0. The van der Waals surface area contributed by atoms with Crippen LogP contribution in [0.25, 0.3) is 0 Å². The Morgan fingerprint density at radius 2 is 1.19 bits per heavy atom. The lowest BCUT2D eigenvalue weighted by atomic mass is 9.93. The Morgan fingerprint density at radius 1 is 0.660 bits per heavy atom. The average molecular weight is 642 g/mol. The molecule has 0 saturated heterocycles. The molecule has 0 unspecified atom stereocenters. The van der Waals surface area contributed by atoms with Crippen molar-refractivity contribution in [2.24, 2.45) is 4.99 Å². The number of carbonyl (C=O) groups is 1. The zero-order chi connectivity index (χ0) is 32.2. The van der Waals surface area contributed by atoms with E-state index in [-0.39, 0.29) is 18.0 Å². The third-order valence-electron chi connectivity index (χ3n) is 10.6. The van der Waals surface area contributed by atoms with Gasteiger partial charge in [0.05, 0.1) is 6.04 Å². The summed E-state index contributed by atoms with van der Waals surface area (Å²) in [5, 5.41) is 1.47. The van der Waals surface area contributed by atoms with Crippen LogP contribution in [0, 0.1) is 0 Å². The highest BCUT2D eigenvalue weighted by molar-refractivity contribution is 7.67. The number of benzene rings is 4. The molecule has 47 heavy (non-hydrogen) atoms. The van der Waals surface area contributed by atoms with Crippen molar-refractivity contribution in [3.8, 4) is 0 Å². The maximum atomic E-state index is 15.0. The Labute approximate surface area is 282 Å². The molecule has 4 aromatic rings. The monoisotopic (exact) mass is 641 g/mol. The highest BCUT2D eigenvalue weighted by atomic mass is 31.1. The molecule has 2 atom stereocenters. The molecule has 1 aliphatic heterocycles. The van der Waals surface area contributed by atoms with E-state index in [0.717, 1.165) is 34.0 Å². The predicted octanol–water partition coefficient (Wildman–Crippen LogP) is 9.91. The highest BCUT2D eigenvalue weighted by Gasteiger charge is 2.44. The van der Waals surface area contributed by atoms with Gasteiger partial charge < -0.3 is 4.90 Å². The molecule has 2 aliphatic carbocycles. The van der Waals surface area contributed by atoms with Crippen molar-refractivity contribution in [1.82, 2.24) is 4.90 Å². The number of aliphatic imine (C=N–C) groups is 1. The van der Waals surface area contributed by atoms with Crippen LogP contribution in [-0.2, 0) is 0 Å². The molecule has 7 rings (SSSR count). The Kier molecular flexibility index (Phi) is 9.87. The van der Waals surface area contributed by atoms with Gasteiger partial charge >= 0.3 is 0 Å². The van der Waals surface area contributed by atoms with Crippen LogP contribution in [0.5, 0.6) is 0 Å². The van der Waals surface area contributed by atoms with E-state index in [4.69, 9.17) is 4.99 Å². The molecule has 242 valence electrons. The second-order valence-electron chi connectivity index (χ2n) is 13.8. The molecule has 0 aromatic heterocycles. The normalized spacial score (nSPS) is 20.7. The molecule has 4 nitrogen and oxygen atoms in total. The lowest BCUT2D eigenvalue weighted by Gasteiger charge is -2.40. The van der Waals surface area contributed by atoms with Crippen LogP contribution in [0.1, 0.15) is 103 Å². The summed E-state index contributed by atoms with van der Waals surface area (Å²) in [4.78, 5) is 24.7. The number of nitrogens with zero attached hydrogens (tertiary/aromatic N) is 3. The van der Waals surface area contributed by atoms with Gasteiger partial charge in [0, 0.05) is 30.9 Å². The first kappa shape index (κ1) is 31.8. The molecule has 2 saturated carbocycles. The quantitative estimate of drug-likeness (QED) is 0.180. The summed E-state index contributed by atoms with van der Waals surface area (Å²) in [6.07, 6.45) is 13.5. The molecule has 5 heteroatoms. The largest absolute Gasteiger partial charge is 0.378 e. The molecule has 4 aromatic carbocycles. The number of hydrogen-bond donors (Lipinski definition) is 0. The number of carbonyl (C=O) groups excluding carboxylic acids is 1. The third-order valence-corrected chi connectivity index (χ3v) is 14.1. The van der Waals surface area contributed by atoms with Crippen molar-refractivity contribution >= 4 is 30.7 Å². The van der Waals surface area contributed by atoms with Crippen LogP contribution >= 0.6 is 7.92 Å². The van der Waals surface area contributed by atoms with E-state index in [1.54, 1.807) is 0 Å². The van der Waals surface area contributed by atoms with E-state index < -0.39 is 7.92 Å². The van der Waals surface area contributed by atoms with Crippen molar-refractivity contribution in [2.75, 3.05) is 19.0 Å². The number of hydrogen-bond acceptors (Lipinski definition) is 3. The first-order valence-corrected chi connectivity index (χ1v) is 19.2. The fraction of sp³-hybridized carbons (Fsp3) is 0.381. The molecule has 0 N–H and O–H groups in total. The smallest absolute Gasteiger partial charge is 0.260 e. The van der Waals surface area contributed by atoms with Gasteiger partial charge in [0.25, 0.3) is 5.91 Å². The zero-order valence-corrected chi connectivity index (χ0v) is 28.9. The Hall–Kier alpha value is -3.75. The van der Waals surface area contributed by atoms with E-state index in [1.165, 1.54) is 75.1 Å². The minimum absolute atomic E-state index is 0.0100. The first-order valence-electron chi connectivity index (χ1n) is 17.8. The van der Waals surface area contributed by atoms with Gasteiger partial charge in [-0.3, -0.25) is 14.7 Å². The molecule has 0 bridgehead atoms. The summed E-state index contributed by atoms with van der Waals surface area (Å²) in [7, 11) is 3.67. The summed E-state index contributed by atoms with van der Waals surface area (Å²) in [6, 6.07) is 37.8. The van der Waals surface area contributed by atoms with Crippen LogP contribution in [0.15, 0.2) is 114 Å². The van der Waals surface area contributed by atoms with E-state index >= 15 is 0 Å². The summed E-state index contributed by atoms with van der Waals surface area (Å²) in [5.74, 6) is 0.847. The van der Waals surface area contributed by atoms with Gasteiger partial charge in [0.2, 0.25) is 0 Å². The number of anilines is 1. The van der Waals surface area contributed by atoms with Gasteiger partial charge in [-0.05, 0) is 77.7 Å². The van der Waals surface area contributed by atoms with Crippen LogP contribution < -0.4 is 10.2 Å². The maximum Gasteiger partial charge on any atom is 0.260 e. The zero-order valence-electron chi connectivity index (χ0n) is 28.0. The first-order chi connectivity index (χ1) is 23.1. The van der Waals surface area contributed by atoms with Crippen molar-refractivity contribution in [1.29, 1.82) is 0 Å². The number of rotatable bonds is 8.